The molecule has 1 amide bonds. The lowest BCUT2D eigenvalue weighted by molar-refractivity contribution is -0.125. The van der Waals surface area contributed by atoms with Crippen molar-refractivity contribution in [2.45, 2.75) is 6.10 Å². The van der Waals surface area contributed by atoms with Gasteiger partial charge in [0, 0.05) is 23.6 Å². The van der Waals surface area contributed by atoms with Gasteiger partial charge in [-0.15, -0.1) is 0 Å². The van der Waals surface area contributed by atoms with Crippen LogP contribution in [0.4, 0.5) is 5.69 Å². The maximum Gasteiger partial charge on any atom is 0.269 e. The Kier molecular flexibility index (Phi) is 3.94. The van der Waals surface area contributed by atoms with Gasteiger partial charge in [-0.05, 0) is 36.4 Å². The number of anilines is 1. The van der Waals surface area contributed by atoms with Crippen LogP contribution in [-0.4, -0.2) is 28.0 Å². The predicted octanol–water partition coefficient (Wildman–Crippen LogP) is 3.78. The van der Waals surface area contributed by atoms with Gasteiger partial charge in [0.15, 0.2) is 11.5 Å². The number of amides is 1. The van der Waals surface area contributed by atoms with E-state index in [1.54, 1.807) is 6.07 Å². The molecule has 0 radical (unpaired) electrons. The number of imidazole rings is 1. The molecule has 0 fully saturated rings. The Balaban J connectivity index is 1.35. The van der Waals surface area contributed by atoms with Crippen LogP contribution in [0, 0.1) is 0 Å². The fourth-order valence-electron chi connectivity index (χ4n) is 3.20. The van der Waals surface area contributed by atoms with E-state index in [4.69, 9.17) is 9.47 Å². The fourth-order valence-corrected chi connectivity index (χ4v) is 3.20. The van der Waals surface area contributed by atoms with Crippen molar-refractivity contribution >= 4 is 17.2 Å². The van der Waals surface area contributed by atoms with Gasteiger partial charge in [0.25, 0.3) is 5.91 Å². The Hall–Kier alpha value is -3.80. The minimum Gasteiger partial charge on any atom is -0.485 e. The summed E-state index contributed by atoms with van der Waals surface area (Å²) in [5.74, 6) is 0.981. The highest BCUT2D eigenvalue weighted by molar-refractivity contribution is 5.95. The van der Waals surface area contributed by atoms with Crippen LogP contribution in [0.1, 0.15) is 0 Å². The molecule has 0 unspecified atom stereocenters. The topological polar surface area (TPSA) is 64.9 Å². The maximum atomic E-state index is 12.6. The first-order valence-electron chi connectivity index (χ1n) is 9.00. The van der Waals surface area contributed by atoms with Gasteiger partial charge in [-0.3, -0.25) is 4.79 Å². The Labute approximate surface area is 161 Å². The van der Waals surface area contributed by atoms with Crippen LogP contribution >= 0.6 is 0 Å². The molecule has 2 aromatic carbocycles. The molecule has 1 N–H and O–H groups in total. The fraction of sp³-hybridized carbons (Fsp3) is 0.0909. The lowest BCUT2D eigenvalue weighted by Gasteiger charge is -2.25. The van der Waals surface area contributed by atoms with Gasteiger partial charge in [-0.1, -0.05) is 30.3 Å². The number of hydrogen-bond donors (Lipinski definition) is 1. The van der Waals surface area contributed by atoms with E-state index in [9.17, 15) is 4.79 Å². The zero-order chi connectivity index (χ0) is 18.9. The summed E-state index contributed by atoms with van der Waals surface area (Å²) in [6, 6.07) is 20.8. The predicted molar refractivity (Wildman–Crippen MR) is 106 cm³/mol. The molecule has 5 rings (SSSR count). The van der Waals surface area contributed by atoms with E-state index >= 15 is 0 Å². The molecule has 0 spiro atoms. The number of benzene rings is 2. The number of para-hydroxylation sites is 2. The van der Waals surface area contributed by atoms with Crippen LogP contribution in [0.5, 0.6) is 11.5 Å². The number of pyridine rings is 1. The summed E-state index contributed by atoms with van der Waals surface area (Å²) < 4.78 is 13.4. The molecule has 6 nitrogen and oxygen atoms in total. The summed E-state index contributed by atoms with van der Waals surface area (Å²) in [5.41, 5.74) is 3.32. The van der Waals surface area contributed by atoms with E-state index in [-0.39, 0.29) is 12.5 Å². The van der Waals surface area contributed by atoms with Crippen molar-refractivity contribution in [2.75, 3.05) is 11.9 Å². The number of ether oxygens (including phenoxy) is 2. The SMILES string of the molecule is O=C(Nc1cccc(-c2cn3ccccc3n2)c1)[C@@H]1COc2ccccc2O1. The molecule has 1 aliphatic heterocycles. The van der Waals surface area contributed by atoms with E-state index in [0.717, 1.165) is 16.9 Å². The summed E-state index contributed by atoms with van der Waals surface area (Å²) in [7, 11) is 0. The van der Waals surface area contributed by atoms with E-state index in [1.165, 1.54) is 0 Å². The van der Waals surface area contributed by atoms with Gasteiger partial charge in [0.2, 0.25) is 6.10 Å². The molecule has 138 valence electrons. The number of aromatic nitrogens is 2. The molecule has 0 saturated heterocycles. The number of nitrogens with one attached hydrogen (secondary N) is 1. The maximum absolute atomic E-state index is 12.6. The second-order valence-corrected chi connectivity index (χ2v) is 6.53. The number of fused-ring (bicyclic) bond motifs is 2. The molecule has 6 heteroatoms. The lowest BCUT2D eigenvalue weighted by atomic mass is 10.1. The highest BCUT2D eigenvalue weighted by atomic mass is 16.6. The van der Waals surface area contributed by atoms with Gasteiger partial charge < -0.3 is 19.2 Å². The molecule has 1 aliphatic rings. The molecule has 28 heavy (non-hydrogen) atoms. The third kappa shape index (κ3) is 3.05. The van der Waals surface area contributed by atoms with E-state index in [0.29, 0.717) is 17.2 Å². The first kappa shape index (κ1) is 16.4. The first-order valence-corrected chi connectivity index (χ1v) is 9.00. The Bertz CT molecular complexity index is 1140. The average molecular weight is 371 g/mol. The number of rotatable bonds is 3. The van der Waals surface area contributed by atoms with Gasteiger partial charge in [-0.25, -0.2) is 4.98 Å². The lowest BCUT2D eigenvalue weighted by Crippen LogP contribution is -2.40. The summed E-state index contributed by atoms with van der Waals surface area (Å²) in [6.45, 7) is 0.176. The van der Waals surface area contributed by atoms with Crippen LogP contribution in [-0.2, 0) is 4.79 Å². The van der Waals surface area contributed by atoms with Gasteiger partial charge in [-0.2, -0.15) is 0 Å². The number of hydrogen-bond acceptors (Lipinski definition) is 4. The number of nitrogens with zero attached hydrogens (tertiary/aromatic N) is 2. The standard InChI is InChI=1S/C22H17N3O3/c26-22(20-14-27-18-8-1-2-9-19(18)28-20)23-16-7-5-6-15(12-16)17-13-25-11-4-3-10-21(25)24-17/h1-13,20H,14H2,(H,23,26)/t20-/m0/s1. The molecule has 3 heterocycles. The molecule has 1 atom stereocenters. The van der Waals surface area contributed by atoms with Crippen molar-refractivity contribution in [2.24, 2.45) is 0 Å². The van der Waals surface area contributed by atoms with Crippen molar-refractivity contribution in [3.63, 3.8) is 0 Å². The molecule has 0 saturated carbocycles. The molecule has 0 aliphatic carbocycles. The molecule has 4 aromatic rings. The molecular weight excluding hydrogens is 354 g/mol. The summed E-state index contributed by atoms with van der Waals surface area (Å²) in [6.07, 6.45) is 3.22. The highest BCUT2D eigenvalue weighted by Crippen LogP contribution is 2.31. The Morgan fingerprint density at radius 1 is 1.04 bits per heavy atom. The van der Waals surface area contributed by atoms with Crippen molar-refractivity contribution in [3.05, 3.63) is 79.1 Å². The van der Waals surface area contributed by atoms with E-state index < -0.39 is 6.10 Å². The van der Waals surface area contributed by atoms with Gasteiger partial charge in [0.1, 0.15) is 12.3 Å². The van der Waals surface area contributed by atoms with E-state index in [2.05, 4.69) is 10.3 Å². The Morgan fingerprint density at radius 3 is 2.79 bits per heavy atom. The number of carbonyl (C=O) groups excluding carboxylic acids is 1. The number of carbonyl (C=O) groups is 1. The van der Waals surface area contributed by atoms with Crippen molar-refractivity contribution in [1.29, 1.82) is 0 Å². The van der Waals surface area contributed by atoms with Crippen molar-refractivity contribution in [3.8, 4) is 22.8 Å². The first-order chi connectivity index (χ1) is 13.8. The summed E-state index contributed by atoms with van der Waals surface area (Å²) in [4.78, 5) is 17.3. The van der Waals surface area contributed by atoms with Crippen molar-refractivity contribution in [1.82, 2.24) is 9.38 Å². The van der Waals surface area contributed by atoms with Crippen LogP contribution in [0.2, 0.25) is 0 Å². The average Bonchev–Trinajstić information content (AvgIpc) is 3.18. The zero-order valence-corrected chi connectivity index (χ0v) is 14.9. The smallest absolute Gasteiger partial charge is 0.269 e. The monoisotopic (exact) mass is 371 g/mol. The van der Waals surface area contributed by atoms with Crippen LogP contribution in [0.3, 0.4) is 0 Å². The third-order valence-electron chi connectivity index (χ3n) is 4.59. The van der Waals surface area contributed by atoms with E-state index in [1.807, 2.05) is 77.5 Å². The Morgan fingerprint density at radius 2 is 1.89 bits per heavy atom. The largest absolute Gasteiger partial charge is 0.485 e. The molecule has 2 aromatic heterocycles. The minimum atomic E-state index is -0.700. The minimum absolute atomic E-state index is 0.176. The second-order valence-electron chi connectivity index (χ2n) is 6.53. The quantitative estimate of drug-likeness (QED) is 0.595. The summed E-state index contributed by atoms with van der Waals surface area (Å²) in [5, 5.41) is 2.91. The van der Waals surface area contributed by atoms with Crippen LogP contribution < -0.4 is 14.8 Å². The molecular formula is C22H17N3O3. The zero-order valence-electron chi connectivity index (χ0n) is 14.9. The summed E-state index contributed by atoms with van der Waals surface area (Å²) >= 11 is 0. The van der Waals surface area contributed by atoms with Crippen molar-refractivity contribution < 1.29 is 14.3 Å². The van der Waals surface area contributed by atoms with Gasteiger partial charge in [0.05, 0.1) is 5.69 Å². The van der Waals surface area contributed by atoms with Crippen LogP contribution in [0.15, 0.2) is 79.1 Å². The highest BCUT2D eigenvalue weighted by Gasteiger charge is 2.27. The van der Waals surface area contributed by atoms with Crippen LogP contribution in [0.25, 0.3) is 16.9 Å². The second kappa shape index (κ2) is 6.74. The van der Waals surface area contributed by atoms with Gasteiger partial charge >= 0.3 is 0 Å². The normalized spacial score (nSPS) is 15.4. The third-order valence-corrected chi connectivity index (χ3v) is 4.59. The molecule has 0 bridgehead atoms.